The molecule has 0 fully saturated rings. The van der Waals surface area contributed by atoms with Crippen LogP contribution < -0.4 is 4.74 Å². The molecular weight excluding hydrogens is 291 g/mol. The number of nitro benzene ring substituents is 1. The van der Waals surface area contributed by atoms with Crippen molar-refractivity contribution >= 4 is 5.69 Å². The second-order valence-corrected chi connectivity index (χ2v) is 4.03. The molecule has 0 aliphatic rings. The van der Waals surface area contributed by atoms with Crippen molar-refractivity contribution in [2.24, 2.45) is 0 Å². The molecule has 2 aromatic carbocycles. The van der Waals surface area contributed by atoms with Gasteiger partial charge in [-0.3, -0.25) is 10.1 Å². The standard InChI is InChI=1S/C13H8F3NO4/c14-13(15,16)11-7-10(4-5-12(11)17(19)20)21-9-3-1-2-8(18)6-9/h1-7,18H. The minimum absolute atomic E-state index is 0.108. The third-order valence-corrected chi connectivity index (χ3v) is 2.52. The number of hydrogen-bond acceptors (Lipinski definition) is 4. The van der Waals surface area contributed by atoms with E-state index >= 15 is 0 Å². The molecule has 0 aliphatic heterocycles. The molecule has 0 aliphatic carbocycles. The van der Waals surface area contributed by atoms with Crippen molar-refractivity contribution in [2.45, 2.75) is 6.18 Å². The first-order valence-electron chi connectivity index (χ1n) is 5.60. The van der Waals surface area contributed by atoms with Gasteiger partial charge in [0, 0.05) is 12.1 Å². The molecule has 0 heterocycles. The quantitative estimate of drug-likeness (QED) is 0.683. The summed E-state index contributed by atoms with van der Waals surface area (Å²) < 4.78 is 43.5. The zero-order valence-electron chi connectivity index (χ0n) is 10.3. The fourth-order valence-corrected chi connectivity index (χ4v) is 1.65. The summed E-state index contributed by atoms with van der Waals surface area (Å²) in [5.74, 6) is -0.235. The fraction of sp³-hybridized carbons (Fsp3) is 0.0769. The van der Waals surface area contributed by atoms with Crippen molar-refractivity contribution in [1.29, 1.82) is 0 Å². The maximum absolute atomic E-state index is 12.8. The second-order valence-electron chi connectivity index (χ2n) is 4.03. The maximum Gasteiger partial charge on any atom is 0.423 e. The highest BCUT2D eigenvalue weighted by Crippen LogP contribution is 2.39. The summed E-state index contributed by atoms with van der Waals surface area (Å²) in [5, 5.41) is 19.9. The van der Waals surface area contributed by atoms with Crippen molar-refractivity contribution < 1.29 is 27.9 Å². The number of hydrogen-bond donors (Lipinski definition) is 1. The molecule has 0 saturated heterocycles. The molecule has 2 rings (SSSR count). The smallest absolute Gasteiger partial charge is 0.423 e. The van der Waals surface area contributed by atoms with Crippen LogP contribution in [0, 0.1) is 10.1 Å². The van der Waals surface area contributed by atoms with Crippen LogP contribution in [-0.2, 0) is 6.18 Å². The lowest BCUT2D eigenvalue weighted by atomic mass is 10.1. The van der Waals surface area contributed by atoms with Gasteiger partial charge in [0.05, 0.1) is 4.92 Å². The van der Waals surface area contributed by atoms with E-state index < -0.39 is 22.4 Å². The van der Waals surface area contributed by atoms with E-state index in [9.17, 15) is 28.4 Å². The molecule has 0 bridgehead atoms. The number of aromatic hydroxyl groups is 1. The molecule has 5 nitrogen and oxygen atoms in total. The summed E-state index contributed by atoms with van der Waals surface area (Å²) in [5.41, 5.74) is -2.45. The van der Waals surface area contributed by atoms with E-state index in [0.717, 1.165) is 12.1 Å². The molecule has 8 heteroatoms. The summed E-state index contributed by atoms with van der Waals surface area (Å²) in [6.07, 6.45) is -4.87. The number of ether oxygens (including phenoxy) is 1. The zero-order chi connectivity index (χ0) is 15.6. The van der Waals surface area contributed by atoms with Gasteiger partial charge in [0.2, 0.25) is 0 Å². The van der Waals surface area contributed by atoms with Crippen LogP contribution >= 0.6 is 0 Å². The topological polar surface area (TPSA) is 72.6 Å². The first kappa shape index (κ1) is 14.6. The van der Waals surface area contributed by atoms with Crippen molar-refractivity contribution in [3.05, 3.63) is 58.1 Å². The predicted molar refractivity (Wildman–Crippen MR) is 66.3 cm³/mol. The van der Waals surface area contributed by atoms with Gasteiger partial charge in [-0.15, -0.1) is 0 Å². The van der Waals surface area contributed by atoms with Crippen molar-refractivity contribution in [3.63, 3.8) is 0 Å². The van der Waals surface area contributed by atoms with Crippen LogP contribution in [0.4, 0.5) is 18.9 Å². The third kappa shape index (κ3) is 3.41. The van der Waals surface area contributed by atoms with Gasteiger partial charge in [0.1, 0.15) is 22.8 Å². The Hall–Kier alpha value is -2.77. The van der Waals surface area contributed by atoms with Crippen LogP contribution in [0.15, 0.2) is 42.5 Å². The van der Waals surface area contributed by atoms with E-state index in [0.29, 0.717) is 6.07 Å². The first-order valence-corrected chi connectivity index (χ1v) is 5.60. The summed E-state index contributed by atoms with van der Waals surface area (Å²) in [4.78, 5) is 9.50. The number of halogens is 3. The number of alkyl halides is 3. The number of phenolic OH excluding ortho intramolecular Hbond substituents is 1. The maximum atomic E-state index is 12.8. The zero-order valence-corrected chi connectivity index (χ0v) is 10.3. The first-order chi connectivity index (χ1) is 9.77. The minimum Gasteiger partial charge on any atom is -0.508 e. The Bertz CT molecular complexity index is 685. The Labute approximate surface area is 116 Å². The Morgan fingerprint density at radius 1 is 1.10 bits per heavy atom. The summed E-state index contributed by atoms with van der Waals surface area (Å²) in [6, 6.07) is 7.76. The Morgan fingerprint density at radius 3 is 2.33 bits per heavy atom. The molecule has 0 saturated carbocycles. The highest BCUT2D eigenvalue weighted by molar-refractivity contribution is 5.48. The SMILES string of the molecule is O=[N+]([O-])c1ccc(Oc2cccc(O)c2)cc1C(F)(F)F. The highest BCUT2D eigenvalue weighted by Gasteiger charge is 2.38. The van der Waals surface area contributed by atoms with Crippen LogP contribution in [-0.4, -0.2) is 10.0 Å². The molecule has 0 atom stereocenters. The van der Waals surface area contributed by atoms with Gasteiger partial charge in [-0.25, -0.2) is 0 Å². The van der Waals surface area contributed by atoms with Crippen LogP contribution in [0.1, 0.15) is 5.56 Å². The second kappa shape index (κ2) is 5.31. The Balaban J connectivity index is 2.40. The van der Waals surface area contributed by atoms with Crippen LogP contribution in [0.2, 0.25) is 0 Å². The number of phenols is 1. The van der Waals surface area contributed by atoms with Crippen LogP contribution in [0.5, 0.6) is 17.2 Å². The number of nitrogens with zero attached hydrogens (tertiary/aromatic N) is 1. The number of nitro groups is 1. The van der Waals surface area contributed by atoms with Gasteiger partial charge in [-0.05, 0) is 24.3 Å². The molecule has 0 aromatic heterocycles. The lowest BCUT2D eigenvalue weighted by Gasteiger charge is -2.10. The normalized spacial score (nSPS) is 11.2. The highest BCUT2D eigenvalue weighted by atomic mass is 19.4. The Kier molecular flexibility index (Phi) is 3.70. The largest absolute Gasteiger partial charge is 0.508 e. The molecule has 2 aromatic rings. The fourth-order valence-electron chi connectivity index (χ4n) is 1.65. The molecule has 0 radical (unpaired) electrons. The van der Waals surface area contributed by atoms with Crippen molar-refractivity contribution in [2.75, 3.05) is 0 Å². The van der Waals surface area contributed by atoms with E-state index in [1.807, 2.05) is 0 Å². The van der Waals surface area contributed by atoms with Gasteiger partial charge in [0.25, 0.3) is 5.69 Å². The van der Waals surface area contributed by atoms with E-state index in [4.69, 9.17) is 4.74 Å². The summed E-state index contributed by atoms with van der Waals surface area (Å²) in [6.45, 7) is 0. The number of benzene rings is 2. The monoisotopic (exact) mass is 299 g/mol. The molecule has 0 spiro atoms. The average molecular weight is 299 g/mol. The average Bonchev–Trinajstić information content (AvgIpc) is 2.37. The molecule has 0 unspecified atom stereocenters. The van der Waals surface area contributed by atoms with E-state index in [1.165, 1.54) is 24.3 Å². The summed E-state index contributed by atoms with van der Waals surface area (Å²) >= 11 is 0. The van der Waals surface area contributed by atoms with Crippen molar-refractivity contribution in [1.82, 2.24) is 0 Å². The minimum atomic E-state index is -4.87. The molecule has 1 N–H and O–H groups in total. The van der Waals surface area contributed by atoms with Gasteiger partial charge >= 0.3 is 6.18 Å². The Morgan fingerprint density at radius 2 is 1.76 bits per heavy atom. The van der Waals surface area contributed by atoms with Gasteiger partial charge in [-0.2, -0.15) is 13.2 Å². The number of rotatable bonds is 3. The van der Waals surface area contributed by atoms with Crippen LogP contribution in [0.25, 0.3) is 0 Å². The van der Waals surface area contributed by atoms with E-state index in [1.54, 1.807) is 0 Å². The van der Waals surface area contributed by atoms with Crippen molar-refractivity contribution in [3.8, 4) is 17.2 Å². The predicted octanol–water partition coefficient (Wildman–Crippen LogP) is 4.11. The van der Waals surface area contributed by atoms with Crippen LogP contribution in [0.3, 0.4) is 0 Å². The van der Waals surface area contributed by atoms with Gasteiger partial charge in [-0.1, -0.05) is 6.07 Å². The third-order valence-electron chi connectivity index (χ3n) is 2.52. The van der Waals surface area contributed by atoms with Gasteiger partial charge in [0.15, 0.2) is 0 Å². The summed E-state index contributed by atoms with van der Waals surface area (Å²) in [7, 11) is 0. The van der Waals surface area contributed by atoms with E-state index in [-0.39, 0.29) is 17.2 Å². The van der Waals surface area contributed by atoms with Gasteiger partial charge < -0.3 is 9.84 Å². The molecular formula is C13H8F3NO4. The molecule has 110 valence electrons. The lowest BCUT2D eigenvalue weighted by Crippen LogP contribution is -2.09. The van der Waals surface area contributed by atoms with E-state index in [2.05, 4.69) is 0 Å². The molecule has 21 heavy (non-hydrogen) atoms. The molecule has 0 amide bonds. The lowest BCUT2D eigenvalue weighted by molar-refractivity contribution is -0.388.